The van der Waals surface area contributed by atoms with Crippen molar-refractivity contribution >= 4 is 43.2 Å². The highest BCUT2D eigenvalue weighted by Gasteiger charge is 2.18. The molecule has 1 aliphatic rings. The molecule has 6 heteroatoms. The van der Waals surface area contributed by atoms with E-state index in [-0.39, 0.29) is 5.56 Å². The average molecular weight is 376 g/mol. The minimum atomic E-state index is 0.0168. The second-order valence-corrected chi connectivity index (χ2v) is 7.15. The van der Waals surface area contributed by atoms with Crippen LogP contribution in [0.1, 0.15) is 17.7 Å². The Hall–Kier alpha value is -0.460. The largest absolute Gasteiger partial charge is 0.306 e. The molecule has 0 amide bonds. The third kappa shape index (κ3) is 2.02. The van der Waals surface area contributed by atoms with Gasteiger partial charge in [-0.15, -0.1) is 11.3 Å². The molecule has 0 spiro atoms. The van der Waals surface area contributed by atoms with Crippen LogP contribution in [-0.2, 0) is 12.8 Å². The molecule has 3 nitrogen and oxygen atoms in total. The number of nitrogens with zero attached hydrogens (tertiary/aromatic N) is 1. The first-order chi connectivity index (χ1) is 8.15. The summed E-state index contributed by atoms with van der Waals surface area (Å²) in [5.41, 5.74) is 1.84. The van der Waals surface area contributed by atoms with Crippen LogP contribution in [0.25, 0.3) is 10.7 Å². The van der Waals surface area contributed by atoms with Crippen molar-refractivity contribution in [1.82, 2.24) is 9.97 Å². The molecule has 1 aliphatic carbocycles. The zero-order chi connectivity index (χ0) is 12.0. The molecule has 0 fully saturated rings. The lowest BCUT2D eigenvalue weighted by Gasteiger charge is -2.01. The van der Waals surface area contributed by atoms with Crippen LogP contribution >= 0.6 is 43.2 Å². The molecule has 2 heterocycles. The van der Waals surface area contributed by atoms with Crippen LogP contribution in [0, 0.1) is 0 Å². The van der Waals surface area contributed by atoms with Gasteiger partial charge in [0.25, 0.3) is 5.56 Å². The Morgan fingerprint density at radius 2 is 2.18 bits per heavy atom. The van der Waals surface area contributed by atoms with Crippen LogP contribution in [0.15, 0.2) is 19.1 Å². The van der Waals surface area contributed by atoms with Gasteiger partial charge in [-0.3, -0.25) is 4.79 Å². The van der Waals surface area contributed by atoms with Crippen molar-refractivity contribution in [3.63, 3.8) is 0 Å². The molecule has 0 bridgehead atoms. The average Bonchev–Trinajstić information content (AvgIpc) is 2.87. The van der Waals surface area contributed by atoms with Crippen LogP contribution in [0.5, 0.6) is 0 Å². The number of H-pyrrole nitrogens is 1. The maximum absolute atomic E-state index is 11.9. The summed E-state index contributed by atoms with van der Waals surface area (Å²) in [6.45, 7) is 0. The Labute approximate surface area is 119 Å². The second-order valence-electron chi connectivity index (χ2n) is 3.93. The van der Waals surface area contributed by atoms with Gasteiger partial charge in [-0.25, -0.2) is 4.98 Å². The van der Waals surface area contributed by atoms with Gasteiger partial charge >= 0.3 is 0 Å². The van der Waals surface area contributed by atoms with Gasteiger partial charge in [0.15, 0.2) is 5.82 Å². The van der Waals surface area contributed by atoms with Crippen LogP contribution in [0.4, 0.5) is 0 Å². The number of thiophene rings is 1. The number of aromatic nitrogens is 2. The number of fused-ring (bicyclic) bond motifs is 1. The van der Waals surface area contributed by atoms with Crippen LogP contribution in [-0.4, -0.2) is 9.97 Å². The van der Waals surface area contributed by atoms with Crippen molar-refractivity contribution in [3.8, 4) is 10.7 Å². The molecule has 2 aromatic rings. The molecule has 3 rings (SSSR count). The Kier molecular flexibility index (Phi) is 2.96. The maximum atomic E-state index is 11.9. The Morgan fingerprint density at radius 1 is 1.35 bits per heavy atom. The molecule has 0 unspecified atom stereocenters. The van der Waals surface area contributed by atoms with Crippen LogP contribution in [0.2, 0.25) is 0 Å². The summed E-state index contributed by atoms with van der Waals surface area (Å²) >= 11 is 8.44. The zero-order valence-corrected chi connectivity index (χ0v) is 12.7. The summed E-state index contributed by atoms with van der Waals surface area (Å²) in [6, 6.07) is 1.97. The van der Waals surface area contributed by atoms with Gasteiger partial charge < -0.3 is 4.98 Å². The summed E-state index contributed by atoms with van der Waals surface area (Å²) in [7, 11) is 0. The lowest BCUT2D eigenvalue weighted by Crippen LogP contribution is -2.14. The molecule has 0 saturated carbocycles. The molecule has 0 aliphatic heterocycles. The van der Waals surface area contributed by atoms with Gasteiger partial charge in [-0.1, -0.05) is 0 Å². The molecule has 0 atom stereocenters. The van der Waals surface area contributed by atoms with Gasteiger partial charge in [-0.05, 0) is 57.2 Å². The van der Waals surface area contributed by atoms with E-state index in [9.17, 15) is 4.79 Å². The van der Waals surface area contributed by atoms with E-state index in [2.05, 4.69) is 41.8 Å². The monoisotopic (exact) mass is 374 g/mol. The third-order valence-corrected chi connectivity index (χ3v) is 6.08. The molecule has 2 aromatic heterocycles. The van der Waals surface area contributed by atoms with Crippen molar-refractivity contribution in [2.24, 2.45) is 0 Å². The first-order valence-corrected chi connectivity index (χ1v) is 7.62. The van der Waals surface area contributed by atoms with E-state index in [4.69, 9.17) is 0 Å². The van der Waals surface area contributed by atoms with E-state index in [1.807, 2.05) is 6.07 Å². The summed E-state index contributed by atoms with van der Waals surface area (Å²) in [5.74, 6) is 0.673. The second kappa shape index (κ2) is 4.33. The fourth-order valence-electron chi connectivity index (χ4n) is 2.02. The van der Waals surface area contributed by atoms with E-state index in [1.165, 1.54) is 0 Å². The summed E-state index contributed by atoms with van der Waals surface area (Å²) in [4.78, 5) is 20.3. The molecule has 0 saturated heterocycles. The van der Waals surface area contributed by atoms with Gasteiger partial charge in [0, 0.05) is 10.0 Å². The fraction of sp³-hybridized carbons (Fsp3) is 0.273. The van der Waals surface area contributed by atoms with Crippen molar-refractivity contribution in [2.45, 2.75) is 19.3 Å². The summed E-state index contributed by atoms with van der Waals surface area (Å²) in [5, 5.41) is 0. The van der Waals surface area contributed by atoms with E-state index in [0.29, 0.717) is 5.82 Å². The van der Waals surface area contributed by atoms with Crippen molar-refractivity contribution in [3.05, 3.63) is 35.9 Å². The van der Waals surface area contributed by atoms with Gasteiger partial charge in [0.1, 0.15) is 0 Å². The SMILES string of the molecule is O=c1[nH]c(-c2cc(Br)c(Br)s2)nc2c1CCC2. The van der Waals surface area contributed by atoms with E-state index < -0.39 is 0 Å². The lowest BCUT2D eigenvalue weighted by molar-refractivity contribution is 0.899. The standard InChI is InChI=1S/C11H8Br2N2OS/c12-6-4-8(17-9(6)13)10-14-7-3-1-2-5(7)11(16)15-10/h4H,1-3H2,(H,14,15,16). The first-order valence-electron chi connectivity index (χ1n) is 5.22. The highest BCUT2D eigenvalue weighted by molar-refractivity contribution is 9.13. The minimum absolute atomic E-state index is 0.0168. The van der Waals surface area contributed by atoms with E-state index >= 15 is 0 Å². The Bertz CT molecular complexity index is 628. The number of halogens is 2. The predicted molar refractivity (Wildman–Crippen MR) is 75.6 cm³/mol. The third-order valence-electron chi connectivity index (χ3n) is 2.82. The highest BCUT2D eigenvalue weighted by Crippen LogP contribution is 2.36. The molecule has 88 valence electrons. The summed E-state index contributed by atoms with van der Waals surface area (Å²) in [6.07, 6.45) is 2.81. The normalized spacial score (nSPS) is 14.0. The van der Waals surface area contributed by atoms with Gasteiger partial charge in [-0.2, -0.15) is 0 Å². The van der Waals surface area contributed by atoms with E-state index in [1.54, 1.807) is 11.3 Å². The van der Waals surface area contributed by atoms with Crippen LogP contribution < -0.4 is 5.56 Å². The van der Waals surface area contributed by atoms with Gasteiger partial charge in [0.05, 0.1) is 14.4 Å². The van der Waals surface area contributed by atoms with Crippen molar-refractivity contribution < 1.29 is 0 Å². The molecule has 1 N–H and O–H groups in total. The number of aromatic amines is 1. The molecule has 0 radical (unpaired) electrons. The number of rotatable bonds is 1. The first kappa shape index (κ1) is 11.6. The Balaban J connectivity index is 2.16. The quantitative estimate of drug-likeness (QED) is 0.828. The van der Waals surface area contributed by atoms with Crippen LogP contribution in [0.3, 0.4) is 0 Å². The number of aryl methyl sites for hydroxylation is 1. The minimum Gasteiger partial charge on any atom is -0.306 e. The lowest BCUT2D eigenvalue weighted by atomic mass is 10.2. The Morgan fingerprint density at radius 3 is 2.88 bits per heavy atom. The molecular formula is C11H8Br2N2OS. The number of hydrogen-bond acceptors (Lipinski definition) is 3. The zero-order valence-electron chi connectivity index (χ0n) is 8.72. The maximum Gasteiger partial charge on any atom is 0.254 e. The highest BCUT2D eigenvalue weighted by atomic mass is 79.9. The number of hydrogen-bond donors (Lipinski definition) is 1. The number of nitrogens with one attached hydrogen (secondary N) is 1. The fourth-order valence-corrected chi connectivity index (χ4v) is 4.00. The van der Waals surface area contributed by atoms with Crippen molar-refractivity contribution in [2.75, 3.05) is 0 Å². The van der Waals surface area contributed by atoms with E-state index in [0.717, 1.165) is 43.7 Å². The molecule has 0 aromatic carbocycles. The van der Waals surface area contributed by atoms with Crippen molar-refractivity contribution in [1.29, 1.82) is 0 Å². The smallest absolute Gasteiger partial charge is 0.254 e. The molecule has 17 heavy (non-hydrogen) atoms. The summed E-state index contributed by atoms with van der Waals surface area (Å²) < 4.78 is 2.00. The topological polar surface area (TPSA) is 45.8 Å². The predicted octanol–water partition coefficient (Wildman–Crippen LogP) is 3.51. The molecular weight excluding hydrogens is 368 g/mol. The van der Waals surface area contributed by atoms with Gasteiger partial charge in [0.2, 0.25) is 0 Å².